The van der Waals surface area contributed by atoms with Crippen LogP contribution in [0.1, 0.15) is 30.0 Å². The first-order chi connectivity index (χ1) is 9.13. The SMILES string of the molecule is NC(c1ccn(Cc2ccc(Cl)c(Cl)c2)c1)C1CC1. The lowest BCUT2D eigenvalue weighted by Crippen LogP contribution is -2.11. The summed E-state index contributed by atoms with van der Waals surface area (Å²) in [5.74, 6) is 0.681. The fourth-order valence-electron chi connectivity index (χ4n) is 2.33. The number of halogens is 2. The molecular formula is C15H16Cl2N2. The zero-order valence-electron chi connectivity index (χ0n) is 10.5. The van der Waals surface area contributed by atoms with Gasteiger partial charge in [-0.15, -0.1) is 0 Å². The number of nitrogens with zero attached hydrogens (tertiary/aromatic N) is 1. The maximum absolute atomic E-state index is 6.20. The summed E-state index contributed by atoms with van der Waals surface area (Å²) in [6.45, 7) is 0.786. The number of rotatable bonds is 4. The van der Waals surface area contributed by atoms with Crippen LogP contribution in [-0.2, 0) is 6.54 Å². The van der Waals surface area contributed by atoms with E-state index in [1.165, 1.54) is 18.4 Å². The van der Waals surface area contributed by atoms with E-state index in [1.807, 2.05) is 18.2 Å². The summed E-state index contributed by atoms with van der Waals surface area (Å²) in [5, 5.41) is 1.19. The number of hydrogen-bond donors (Lipinski definition) is 1. The molecule has 2 N–H and O–H groups in total. The second kappa shape index (κ2) is 5.20. The molecule has 1 aromatic carbocycles. The molecule has 1 aromatic heterocycles. The van der Waals surface area contributed by atoms with Crippen molar-refractivity contribution in [1.29, 1.82) is 0 Å². The van der Waals surface area contributed by atoms with Crippen LogP contribution >= 0.6 is 23.2 Å². The average molecular weight is 295 g/mol. The van der Waals surface area contributed by atoms with Gasteiger partial charge in [0.2, 0.25) is 0 Å². The first-order valence-electron chi connectivity index (χ1n) is 6.48. The molecule has 1 unspecified atom stereocenters. The Morgan fingerprint density at radius 2 is 2.00 bits per heavy atom. The van der Waals surface area contributed by atoms with E-state index in [0.29, 0.717) is 16.0 Å². The van der Waals surface area contributed by atoms with Gasteiger partial charge in [-0.05, 0) is 48.1 Å². The molecule has 1 fully saturated rings. The highest BCUT2D eigenvalue weighted by molar-refractivity contribution is 6.42. The Morgan fingerprint density at radius 1 is 1.21 bits per heavy atom. The van der Waals surface area contributed by atoms with Crippen molar-refractivity contribution in [2.75, 3.05) is 0 Å². The van der Waals surface area contributed by atoms with Crippen LogP contribution in [0.2, 0.25) is 10.0 Å². The van der Waals surface area contributed by atoms with Crippen LogP contribution in [0.25, 0.3) is 0 Å². The third-order valence-electron chi connectivity index (χ3n) is 3.64. The van der Waals surface area contributed by atoms with Crippen molar-refractivity contribution in [2.24, 2.45) is 11.7 Å². The van der Waals surface area contributed by atoms with E-state index < -0.39 is 0 Å². The van der Waals surface area contributed by atoms with Gasteiger partial charge in [0.15, 0.2) is 0 Å². The zero-order valence-corrected chi connectivity index (χ0v) is 12.0. The lowest BCUT2D eigenvalue weighted by atomic mass is 10.1. The molecule has 0 spiro atoms. The van der Waals surface area contributed by atoms with Gasteiger partial charge >= 0.3 is 0 Å². The van der Waals surface area contributed by atoms with E-state index >= 15 is 0 Å². The Kier molecular flexibility index (Phi) is 3.57. The van der Waals surface area contributed by atoms with Crippen LogP contribution in [0.5, 0.6) is 0 Å². The smallest absolute Gasteiger partial charge is 0.0595 e. The van der Waals surface area contributed by atoms with E-state index in [2.05, 4.69) is 23.0 Å². The summed E-state index contributed by atoms with van der Waals surface area (Å²) in [6.07, 6.45) is 6.73. The van der Waals surface area contributed by atoms with Crippen LogP contribution in [0.4, 0.5) is 0 Å². The van der Waals surface area contributed by atoms with Gasteiger partial charge in [-0.2, -0.15) is 0 Å². The van der Waals surface area contributed by atoms with Crippen molar-refractivity contribution in [3.05, 3.63) is 57.8 Å². The number of benzene rings is 1. The van der Waals surface area contributed by atoms with E-state index in [-0.39, 0.29) is 6.04 Å². The first kappa shape index (κ1) is 13.0. The molecule has 1 saturated carbocycles. The van der Waals surface area contributed by atoms with E-state index in [9.17, 15) is 0 Å². The van der Waals surface area contributed by atoms with Gasteiger partial charge in [0.05, 0.1) is 10.0 Å². The van der Waals surface area contributed by atoms with Crippen LogP contribution < -0.4 is 5.73 Å². The second-order valence-electron chi connectivity index (χ2n) is 5.23. The summed E-state index contributed by atoms with van der Waals surface area (Å²) >= 11 is 11.9. The highest BCUT2D eigenvalue weighted by Crippen LogP contribution is 2.39. The summed E-state index contributed by atoms with van der Waals surface area (Å²) in [5.41, 5.74) is 8.56. The highest BCUT2D eigenvalue weighted by Gasteiger charge is 2.29. The molecule has 1 atom stereocenters. The van der Waals surface area contributed by atoms with Gasteiger partial charge < -0.3 is 10.3 Å². The van der Waals surface area contributed by atoms with E-state index in [4.69, 9.17) is 28.9 Å². The minimum Gasteiger partial charge on any atom is -0.350 e. The molecule has 0 radical (unpaired) electrons. The van der Waals surface area contributed by atoms with Gasteiger partial charge in [-0.3, -0.25) is 0 Å². The van der Waals surface area contributed by atoms with Crippen molar-refractivity contribution >= 4 is 23.2 Å². The second-order valence-corrected chi connectivity index (χ2v) is 6.04. The Labute approximate surface area is 123 Å². The third-order valence-corrected chi connectivity index (χ3v) is 4.38. The molecule has 4 heteroatoms. The van der Waals surface area contributed by atoms with Crippen molar-refractivity contribution in [3.8, 4) is 0 Å². The predicted molar refractivity (Wildman–Crippen MR) is 79.6 cm³/mol. The summed E-state index contributed by atoms with van der Waals surface area (Å²) in [6, 6.07) is 8.04. The van der Waals surface area contributed by atoms with Crippen molar-refractivity contribution in [3.63, 3.8) is 0 Å². The fourth-order valence-corrected chi connectivity index (χ4v) is 2.65. The van der Waals surface area contributed by atoms with E-state index in [1.54, 1.807) is 0 Å². The summed E-state index contributed by atoms with van der Waals surface area (Å²) in [7, 11) is 0. The largest absolute Gasteiger partial charge is 0.350 e. The molecule has 0 saturated heterocycles. The molecule has 2 nitrogen and oxygen atoms in total. The molecule has 19 heavy (non-hydrogen) atoms. The fraction of sp³-hybridized carbons (Fsp3) is 0.333. The van der Waals surface area contributed by atoms with E-state index in [0.717, 1.165) is 12.1 Å². The Hall–Kier alpha value is -0.960. The Morgan fingerprint density at radius 3 is 2.68 bits per heavy atom. The molecule has 1 heterocycles. The van der Waals surface area contributed by atoms with Crippen molar-refractivity contribution < 1.29 is 0 Å². The predicted octanol–water partition coefficient (Wildman–Crippen LogP) is 4.25. The quantitative estimate of drug-likeness (QED) is 0.898. The first-order valence-corrected chi connectivity index (χ1v) is 7.24. The van der Waals surface area contributed by atoms with Crippen LogP contribution in [-0.4, -0.2) is 4.57 Å². The average Bonchev–Trinajstić information content (AvgIpc) is 3.14. The molecule has 0 aliphatic heterocycles. The minimum absolute atomic E-state index is 0.190. The van der Waals surface area contributed by atoms with Crippen molar-refractivity contribution in [2.45, 2.75) is 25.4 Å². The molecule has 2 aromatic rings. The molecule has 1 aliphatic rings. The molecule has 3 rings (SSSR count). The maximum atomic E-state index is 6.20. The molecule has 0 bridgehead atoms. The lowest BCUT2D eigenvalue weighted by molar-refractivity contribution is 0.631. The zero-order chi connectivity index (χ0) is 13.4. The number of hydrogen-bond acceptors (Lipinski definition) is 1. The lowest BCUT2D eigenvalue weighted by Gasteiger charge is -2.08. The van der Waals surface area contributed by atoms with Gasteiger partial charge in [-0.1, -0.05) is 29.3 Å². The monoisotopic (exact) mass is 294 g/mol. The third kappa shape index (κ3) is 2.97. The summed E-state index contributed by atoms with van der Waals surface area (Å²) in [4.78, 5) is 0. The Balaban J connectivity index is 1.74. The van der Waals surface area contributed by atoms with Gasteiger partial charge in [0.1, 0.15) is 0 Å². The molecule has 0 amide bonds. The highest BCUT2D eigenvalue weighted by atomic mass is 35.5. The Bertz CT molecular complexity index is 588. The molecular weight excluding hydrogens is 279 g/mol. The molecule has 1 aliphatic carbocycles. The summed E-state index contributed by atoms with van der Waals surface area (Å²) < 4.78 is 2.14. The topological polar surface area (TPSA) is 30.9 Å². The number of aromatic nitrogens is 1. The van der Waals surface area contributed by atoms with Gasteiger partial charge in [0.25, 0.3) is 0 Å². The standard InChI is InChI=1S/C15H16Cl2N2/c16-13-4-1-10(7-14(13)17)8-19-6-5-12(9-19)15(18)11-2-3-11/h1,4-7,9,11,15H,2-3,8,18H2. The van der Waals surface area contributed by atoms with Crippen LogP contribution in [0.15, 0.2) is 36.7 Å². The normalized spacial score (nSPS) is 16.6. The van der Waals surface area contributed by atoms with Crippen LogP contribution in [0, 0.1) is 5.92 Å². The maximum Gasteiger partial charge on any atom is 0.0595 e. The van der Waals surface area contributed by atoms with Gasteiger partial charge in [0, 0.05) is 25.0 Å². The number of nitrogens with two attached hydrogens (primary N) is 1. The minimum atomic E-state index is 0.190. The van der Waals surface area contributed by atoms with Gasteiger partial charge in [-0.25, -0.2) is 0 Å². The molecule has 100 valence electrons. The van der Waals surface area contributed by atoms with Crippen LogP contribution in [0.3, 0.4) is 0 Å². The van der Waals surface area contributed by atoms with Crippen molar-refractivity contribution in [1.82, 2.24) is 4.57 Å².